The number of rotatable bonds is 2. The van der Waals surface area contributed by atoms with Crippen molar-refractivity contribution in [2.24, 2.45) is 11.8 Å². The van der Waals surface area contributed by atoms with E-state index in [0.717, 1.165) is 30.1 Å². The van der Waals surface area contributed by atoms with E-state index in [9.17, 15) is 4.79 Å². The molecule has 0 radical (unpaired) electrons. The minimum Gasteiger partial charge on any atom is -0.338 e. The number of nitrogens with zero attached hydrogens (tertiary/aromatic N) is 2. The molecule has 3 rings (SSSR count). The predicted octanol–water partition coefficient (Wildman–Crippen LogP) is 2.80. The fourth-order valence-corrected chi connectivity index (χ4v) is 3.84. The Bertz CT molecular complexity index is 506. The summed E-state index contributed by atoms with van der Waals surface area (Å²) in [5, 5.41) is 0. The Hall–Kier alpha value is -1.35. The summed E-state index contributed by atoms with van der Waals surface area (Å²) >= 11 is 0. The van der Waals surface area contributed by atoms with Crippen LogP contribution in [0.5, 0.6) is 0 Å². The van der Waals surface area contributed by atoms with Gasteiger partial charge in [-0.2, -0.15) is 0 Å². The molecule has 3 heteroatoms. The molecule has 2 heterocycles. The highest BCUT2D eigenvalue weighted by atomic mass is 16.2. The van der Waals surface area contributed by atoms with E-state index in [4.69, 9.17) is 0 Å². The van der Waals surface area contributed by atoms with Crippen LogP contribution in [0.25, 0.3) is 0 Å². The Morgan fingerprint density at radius 3 is 2.43 bits per heavy atom. The van der Waals surface area contributed by atoms with Crippen molar-refractivity contribution in [3.05, 3.63) is 35.4 Å². The van der Waals surface area contributed by atoms with Crippen LogP contribution in [0.3, 0.4) is 0 Å². The minimum atomic E-state index is 0.225. The summed E-state index contributed by atoms with van der Waals surface area (Å²) in [5.41, 5.74) is 1.96. The molecule has 1 aromatic carbocycles. The van der Waals surface area contributed by atoms with Crippen molar-refractivity contribution in [2.45, 2.75) is 26.2 Å². The van der Waals surface area contributed by atoms with Crippen LogP contribution in [0, 0.1) is 18.8 Å². The zero-order chi connectivity index (χ0) is 14.8. The molecule has 114 valence electrons. The largest absolute Gasteiger partial charge is 0.338 e. The molecular weight excluding hydrogens is 260 g/mol. The Balaban J connectivity index is 1.62. The van der Waals surface area contributed by atoms with Crippen molar-refractivity contribution in [1.29, 1.82) is 0 Å². The van der Waals surface area contributed by atoms with Crippen molar-refractivity contribution in [3.63, 3.8) is 0 Å². The van der Waals surface area contributed by atoms with Crippen LogP contribution in [-0.2, 0) is 0 Å². The molecule has 1 amide bonds. The van der Waals surface area contributed by atoms with E-state index in [1.807, 2.05) is 31.2 Å². The second kappa shape index (κ2) is 6.18. The van der Waals surface area contributed by atoms with Gasteiger partial charge in [0.2, 0.25) is 0 Å². The van der Waals surface area contributed by atoms with Gasteiger partial charge in [-0.25, -0.2) is 0 Å². The first-order valence-corrected chi connectivity index (χ1v) is 8.18. The number of carbonyl (C=O) groups excluding carboxylic acids is 1. The summed E-state index contributed by atoms with van der Waals surface area (Å²) < 4.78 is 0. The van der Waals surface area contributed by atoms with Crippen LogP contribution in [0.2, 0.25) is 0 Å². The summed E-state index contributed by atoms with van der Waals surface area (Å²) in [6.45, 7) is 6.35. The van der Waals surface area contributed by atoms with E-state index in [1.54, 1.807) is 0 Å². The van der Waals surface area contributed by atoms with E-state index in [0.29, 0.717) is 5.92 Å². The first-order chi connectivity index (χ1) is 10.1. The lowest BCUT2D eigenvalue weighted by Crippen LogP contribution is -2.35. The highest BCUT2D eigenvalue weighted by Gasteiger charge is 2.33. The summed E-state index contributed by atoms with van der Waals surface area (Å²) in [5.74, 6) is 1.76. The number of piperidine rings is 1. The maximum Gasteiger partial charge on any atom is 0.254 e. The zero-order valence-corrected chi connectivity index (χ0v) is 13.2. The number of benzene rings is 1. The first-order valence-electron chi connectivity index (χ1n) is 8.18. The van der Waals surface area contributed by atoms with Crippen LogP contribution in [0.15, 0.2) is 24.3 Å². The molecule has 1 unspecified atom stereocenters. The van der Waals surface area contributed by atoms with Crippen molar-refractivity contribution in [3.8, 4) is 0 Å². The molecular formula is C18H26N2O. The van der Waals surface area contributed by atoms with Crippen molar-refractivity contribution in [2.75, 3.05) is 33.2 Å². The molecule has 0 bridgehead atoms. The third-order valence-corrected chi connectivity index (χ3v) is 5.32. The zero-order valence-electron chi connectivity index (χ0n) is 13.2. The van der Waals surface area contributed by atoms with Crippen LogP contribution in [-0.4, -0.2) is 48.9 Å². The Morgan fingerprint density at radius 2 is 1.71 bits per heavy atom. The highest BCUT2D eigenvalue weighted by molar-refractivity contribution is 5.95. The van der Waals surface area contributed by atoms with Crippen molar-refractivity contribution >= 4 is 5.91 Å². The molecule has 1 atom stereocenters. The number of likely N-dealkylation sites (tertiary alicyclic amines) is 2. The van der Waals surface area contributed by atoms with Crippen LogP contribution >= 0.6 is 0 Å². The van der Waals surface area contributed by atoms with E-state index >= 15 is 0 Å². The molecule has 1 aromatic rings. The fraction of sp³-hybridized carbons (Fsp3) is 0.611. The van der Waals surface area contributed by atoms with E-state index in [-0.39, 0.29) is 5.91 Å². The molecule has 0 N–H and O–H groups in total. The molecule has 0 spiro atoms. The van der Waals surface area contributed by atoms with Crippen LogP contribution in [0.4, 0.5) is 0 Å². The summed E-state index contributed by atoms with van der Waals surface area (Å²) in [4.78, 5) is 17.2. The van der Waals surface area contributed by atoms with Gasteiger partial charge in [0.05, 0.1) is 0 Å². The molecule has 0 saturated carbocycles. The van der Waals surface area contributed by atoms with E-state index in [2.05, 4.69) is 16.8 Å². The van der Waals surface area contributed by atoms with Gasteiger partial charge in [-0.3, -0.25) is 4.79 Å². The van der Waals surface area contributed by atoms with Gasteiger partial charge >= 0.3 is 0 Å². The summed E-state index contributed by atoms with van der Waals surface area (Å²) in [6.07, 6.45) is 3.78. The lowest BCUT2D eigenvalue weighted by molar-refractivity contribution is 0.0775. The lowest BCUT2D eigenvalue weighted by atomic mass is 9.84. The third kappa shape index (κ3) is 3.13. The van der Waals surface area contributed by atoms with Gasteiger partial charge in [0.15, 0.2) is 0 Å². The lowest BCUT2D eigenvalue weighted by Gasteiger charge is -2.32. The molecule has 2 saturated heterocycles. The van der Waals surface area contributed by atoms with Gasteiger partial charge < -0.3 is 9.80 Å². The fourth-order valence-electron chi connectivity index (χ4n) is 3.84. The third-order valence-electron chi connectivity index (χ3n) is 5.32. The van der Waals surface area contributed by atoms with Gasteiger partial charge in [0.25, 0.3) is 5.91 Å². The van der Waals surface area contributed by atoms with Crippen molar-refractivity contribution in [1.82, 2.24) is 9.80 Å². The van der Waals surface area contributed by atoms with Gasteiger partial charge in [-0.05, 0) is 69.8 Å². The first kappa shape index (κ1) is 14.6. The highest BCUT2D eigenvalue weighted by Crippen LogP contribution is 2.32. The number of carbonyl (C=O) groups is 1. The molecule has 2 aliphatic heterocycles. The molecule has 3 nitrogen and oxygen atoms in total. The van der Waals surface area contributed by atoms with E-state index in [1.165, 1.54) is 32.4 Å². The van der Waals surface area contributed by atoms with Gasteiger partial charge in [0.1, 0.15) is 0 Å². The topological polar surface area (TPSA) is 23.6 Å². The summed E-state index contributed by atoms with van der Waals surface area (Å²) in [7, 11) is 2.21. The molecule has 0 aliphatic carbocycles. The van der Waals surface area contributed by atoms with E-state index < -0.39 is 0 Å². The Morgan fingerprint density at radius 1 is 1.05 bits per heavy atom. The Kier molecular flexibility index (Phi) is 4.29. The monoisotopic (exact) mass is 286 g/mol. The number of amides is 1. The summed E-state index contributed by atoms with van der Waals surface area (Å²) in [6, 6.07) is 7.94. The van der Waals surface area contributed by atoms with Crippen LogP contribution in [0.1, 0.15) is 35.2 Å². The molecule has 0 aromatic heterocycles. The number of aryl methyl sites for hydroxylation is 1. The normalized spacial score (nSPS) is 24.5. The maximum atomic E-state index is 12.7. The second-order valence-corrected chi connectivity index (χ2v) is 6.76. The van der Waals surface area contributed by atoms with Gasteiger partial charge in [-0.1, -0.05) is 18.2 Å². The standard InChI is InChI=1S/C18H26N2O/c1-14-5-3-4-6-17(14)18(21)20-12-9-16(13-20)15-7-10-19(2)11-8-15/h3-6,15-16H,7-13H2,1-2H3. The molecule has 2 aliphatic rings. The quantitative estimate of drug-likeness (QED) is 0.834. The molecule has 2 fully saturated rings. The van der Waals surface area contributed by atoms with Crippen molar-refractivity contribution < 1.29 is 4.79 Å². The smallest absolute Gasteiger partial charge is 0.254 e. The average Bonchev–Trinajstić information content (AvgIpc) is 2.98. The SMILES string of the molecule is Cc1ccccc1C(=O)N1CCC(C2CCN(C)CC2)C1. The Labute approximate surface area is 127 Å². The predicted molar refractivity (Wildman–Crippen MR) is 85.4 cm³/mol. The van der Waals surface area contributed by atoms with Crippen LogP contribution < -0.4 is 0 Å². The maximum absolute atomic E-state index is 12.7. The number of hydrogen-bond donors (Lipinski definition) is 0. The number of hydrogen-bond acceptors (Lipinski definition) is 2. The second-order valence-electron chi connectivity index (χ2n) is 6.76. The molecule has 21 heavy (non-hydrogen) atoms. The van der Waals surface area contributed by atoms with Gasteiger partial charge in [-0.15, -0.1) is 0 Å². The average molecular weight is 286 g/mol. The van der Waals surface area contributed by atoms with Gasteiger partial charge in [0, 0.05) is 18.7 Å². The minimum absolute atomic E-state index is 0.225.